The van der Waals surface area contributed by atoms with Gasteiger partial charge in [-0.25, -0.2) is 0 Å². The molecule has 0 saturated carbocycles. The molecule has 1 aliphatic heterocycles. The van der Waals surface area contributed by atoms with Gasteiger partial charge in [0.05, 0.1) is 12.3 Å². The molecule has 0 bridgehead atoms. The van der Waals surface area contributed by atoms with Crippen molar-refractivity contribution in [1.82, 2.24) is 15.1 Å². The zero-order chi connectivity index (χ0) is 17.0. The predicted molar refractivity (Wildman–Crippen MR) is 90.5 cm³/mol. The first-order valence-corrected chi connectivity index (χ1v) is 8.37. The number of piperazine rings is 1. The van der Waals surface area contributed by atoms with Crippen LogP contribution in [-0.2, 0) is 12.8 Å². The lowest BCUT2D eigenvalue weighted by Crippen LogP contribution is -2.60. The van der Waals surface area contributed by atoms with Gasteiger partial charge in [0.15, 0.2) is 5.82 Å². The van der Waals surface area contributed by atoms with Crippen LogP contribution in [0.5, 0.6) is 0 Å². The minimum atomic E-state index is -0.0782. The maximum absolute atomic E-state index is 9.66. The molecule has 2 rings (SSSR count). The van der Waals surface area contributed by atoms with Gasteiger partial charge in [-0.05, 0) is 32.3 Å². The van der Waals surface area contributed by atoms with Crippen molar-refractivity contribution in [2.75, 3.05) is 37.7 Å². The zero-order valence-corrected chi connectivity index (χ0v) is 14.6. The SMILES string of the molecule is CCc1nnc(N2CCN(CCO)C(C)(C)C2)c(C#N)c1CC. The summed E-state index contributed by atoms with van der Waals surface area (Å²) in [6.07, 6.45) is 1.59. The molecule has 0 aromatic carbocycles. The van der Waals surface area contributed by atoms with Gasteiger partial charge in [0.2, 0.25) is 0 Å². The molecule has 1 aromatic rings. The third kappa shape index (κ3) is 3.46. The summed E-state index contributed by atoms with van der Waals surface area (Å²) in [6.45, 7) is 11.7. The van der Waals surface area contributed by atoms with Gasteiger partial charge in [-0.3, -0.25) is 4.90 Å². The number of hydrogen-bond acceptors (Lipinski definition) is 6. The minimum Gasteiger partial charge on any atom is -0.395 e. The quantitative estimate of drug-likeness (QED) is 0.884. The van der Waals surface area contributed by atoms with Crippen LogP contribution in [0.2, 0.25) is 0 Å². The Hall–Kier alpha value is -1.71. The van der Waals surface area contributed by atoms with Crippen molar-refractivity contribution in [3.8, 4) is 6.07 Å². The third-order valence-corrected chi connectivity index (χ3v) is 4.68. The first kappa shape index (κ1) is 17.6. The van der Waals surface area contributed by atoms with E-state index in [4.69, 9.17) is 0 Å². The van der Waals surface area contributed by atoms with Gasteiger partial charge >= 0.3 is 0 Å². The molecule has 0 spiro atoms. The number of aliphatic hydroxyl groups is 1. The number of aliphatic hydroxyl groups excluding tert-OH is 1. The molecule has 0 aliphatic carbocycles. The van der Waals surface area contributed by atoms with Crippen molar-refractivity contribution >= 4 is 5.82 Å². The molecule has 1 aliphatic rings. The summed E-state index contributed by atoms with van der Waals surface area (Å²) >= 11 is 0. The molecule has 2 heterocycles. The van der Waals surface area contributed by atoms with Crippen molar-refractivity contribution in [1.29, 1.82) is 5.26 Å². The fourth-order valence-electron chi connectivity index (χ4n) is 3.41. The Morgan fingerprint density at radius 1 is 1.22 bits per heavy atom. The smallest absolute Gasteiger partial charge is 0.169 e. The highest BCUT2D eigenvalue weighted by Crippen LogP contribution is 2.28. The highest BCUT2D eigenvalue weighted by Gasteiger charge is 2.35. The topological polar surface area (TPSA) is 76.3 Å². The van der Waals surface area contributed by atoms with Crippen molar-refractivity contribution in [2.45, 2.75) is 46.1 Å². The van der Waals surface area contributed by atoms with Crippen molar-refractivity contribution < 1.29 is 5.11 Å². The van der Waals surface area contributed by atoms with E-state index in [0.29, 0.717) is 17.9 Å². The Labute approximate surface area is 138 Å². The fraction of sp³-hybridized carbons (Fsp3) is 0.706. The summed E-state index contributed by atoms with van der Waals surface area (Å²) in [5, 5.41) is 27.6. The van der Waals surface area contributed by atoms with E-state index < -0.39 is 0 Å². The number of aromatic nitrogens is 2. The molecule has 1 aromatic heterocycles. The number of nitriles is 1. The molecule has 0 radical (unpaired) electrons. The number of anilines is 1. The third-order valence-electron chi connectivity index (χ3n) is 4.68. The van der Waals surface area contributed by atoms with E-state index >= 15 is 0 Å². The van der Waals surface area contributed by atoms with E-state index in [-0.39, 0.29) is 12.1 Å². The molecule has 126 valence electrons. The van der Waals surface area contributed by atoms with E-state index in [0.717, 1.165) is 43.7 Å². The number of aryl methyl sites for hydroxylation is 1. The largest absolute Gasteiger partial charge is 0.395 e. The van der Waals surface area contributed by atoms with Crippen LogP contribution in [-0.4, -0.2) is 58.5 Å². The molecule has 0 atom stereocenters. The number of rotatable bonds is 5. The maximum Gasteiger partial charge on any atom is 0.169 e. The second kappa shape index (κ2) is 7.24. The first-order valence-electron chi connectivity index (χ1n) is 8.37. The van der Waals surface area contributed by atoms with Crippen molar-refractivity contribution in [2.24, 2.45) is 0 Å². The molecule has 6 heteroatoms. The zero-order valence-electron chi connectivity index (χ0n) is 14.6. The highest BCUT2D eigenvalue weighted by atomic mass is 16.3. The lowest BCUT2D eigenvalue weighted by atomic mass is 9.97. The van der Waals surface area contributed by atoms with Gasteiger partial charge in [0.25, 0.3) is 0 Å². The Morgan fingerprint density at radius 3 is 2.48 bits per heavy atom. The average molecular weight is 317 g/mol. The van der Waals surface area contributed by atoms with Crippen LogP contribution in [0.15, 0.2) is 0 Å². The second-order valence-electron chi connectivity index (χ2n) is 6.59. The van der Waals surface area contributed by atoms with Gasteiger partial charge < -0.3 is 10.0 Å². The van der Waals surface area contributed by atoms with Crippen LogP contribution in [0, 0.1) is 11.3 Å². The molecule has 0 unspecified atom stereocenters. The number of nitrogens with zero attached hydrogens (tertiary/aromatic N) is 5. The molecule has 1 N–H and O–H groups in total. The molecule has 0 amide bonds. The summed E-state index contributed by atoms with van der Waals surface area (Å²) in [7, 11) is 0. The maximum atomic E-state index is 9.66. The molecular weight excluding hydrogens is 290 g/mol. The van der Waals surface area contributed by atoms with Crippen LogP contribution < -0.4 is 4.90 Å². The van der Waals surface area contributed by atoms with Crippen molar-refractivity contribution in [3.05, 3.63) is 16.8 Å². The summed E-state index contributed by atoms with van der Waals surface area (Å²) in [6, 6.07) is 2.35. The summed E-state index contributed by atoms with van der Waals surface area (Å²) in [5.74, 6) is 0.707. The standard InChI is InChI=1S/C17H27N5O/c1-5-13-14(11-18)16(20-19-15(13)6-2)21-7-8-22(9-10-23)17(3,4)12-21/h23H,5-10,12H2,1-4H3. The number of hydrogen-bond donors (Lipinski definition) is 1. The lowest BCUT2D eigenvalue weighted by molar-refractivity contribution is 0.0809. The summed E-state index contributed by atoms with van der Waals surface area (Å²) in [5.41, 5.74) is 2.54. The highest BCUT2D eigenvalue weighted by molar-refractivity contribution is 5.58. The Morgan fingerprint density at radius 2 is 1.96 bits per heavy atom. The van der Waals surface area contributed by atoms with Crippen molar-refractivity contribution in [3.63, 3.8) is 0 Å². The lowest BCUT2D eigenvalue weighted by Gasteiger charge is -2.47. The van der Waals surface area contributed by atoms with E-state index in [1.54, 1.807) is 0 Å². The number of β-amino-alcohol motifs (C(OH)–C–C–N with tert-alkyl or cyclic N) is 1. The molecule has 6 nitrogen and oxygen atoms in total. The second-order valence-corrected chi connectivity index (χ2v) is 6.59. The van der Waals surface area contributed by atoms with Crippen LogP contribution >= 0.6 is 0 Å². The van der Waals surface area contributed by atoms with Gasteiger partial charge in [0, 0.05) is 31.7 Å². The van der Waals surface area contributed by atoms with Gasteiger partial charge in [0.1, 0.15) is 11.6 Å². The molecule has 1 saturated heterocycles. The Kier molecular flexibility index (Phi) is 5.55. The normalized spacial score (nSPS) is 18.0. The average Bonchev–Trinajstić information content (AvgIpc) is 2.54. The van der Waals surface area contributed by atoms with E-state index in [1.165, 1.54) is 0 Å². The minimum absolute atomic E-state index is 0.0782. The fourth-order valence-corrected chi connectivity index (χ4v) is 3.41. The van der Waals surface area contributed by atoms with Crippen LogP contribution in [0.1, 0.15) is 44.5 Å². The van der Waals surface area contributed by atoms with Gasteiger partial charge in [-0.15, -0.1) is 5.10 Å². The Bertz CT molecular complexity index is 593. The van der Waals surface area contributed by atoms with Gasteiger partial charge in [-0.2, -0.15) is 10.4 Å². The summed E-state index contributed by atoms with van der Waals surface area (Å²) in [4.78, 5) is 4.45. The van der Waals surface area contributed by atoms with E-state index in [9.17, 15) is 10.4 Å². The monoisotopic (exact) mass is 317 g/mol. The van der Waals surface area contributed by atoms with Crippen LogP contribution in [0.25, 0.3) is 0 Å². The summed E-state index contributed by atoms with van der Waals surface area (Å²) < 4.78 is 0. The first-order chi connectivity index (χ1) is 11.0. The molecule has 1 fully saturated rings. The molecular formula is C17H27N5O. The Balaban J connectivity index is 2.35. The predicted octanol–water partition coefficient (Wildman–Crippen LogP) is 1.37. The van der Waals surface area contributed by atoms with Crippen LogP contribution in [0.3, 0.4) is 0 Å². The molecule has 23 heavy (non-hydrogen) atoms. The van der Waals surface area contributed by atoms with E-state index in [2.05, 4.69) is 46.8 Å². The van der Waals surface area contributed by atoms with Gasteiger partial charge in [-0.1, -0.05) is 13.8 Å². The van der Waals surface area contributed by atoms with Crippen LogP contribution in [0.4, 0.5) is 5.82 Å². The van der Waals surface area contributed by atoms with E-state index in [1.807, 2.05) is 6.92 Å².